The maximum absolute atomic E-state index is 10.5. The van der Waals surface area contributed by atoms with Gasteiger partial charge in [0.1, 0.15) is 71.0 Å². The highest BCUT2D eigenvalue weighted by Gasteiger charge is 2.00. The van der Waals surface area contributed by atoms with Crippen LogP contribution >= 0.6 is 0 Å². The molecule has 0 unspecified atom stereocenters. The largest absolute Gasteiger partial charge is 0.385 e. The van der Waals surface area contributed by atoms with Crippen molar-refractivity contribution >= 4 is 63.6 Å². The summed E-state index contributed by atoms with van der Waals surface area (Å²) < 4.78 is 55.6. The number of ketones is 11. The van der Waals surface area contributed by atoms with Crippen molar-refractivity contribution in [3.63, 3.8) is 0 Å². The fourth-order valence-electron chi connectivity index (χ4n) is 8.19. The number of rotatable bonds is 71. The molecule has 0 aliphatic heterocycles. The number of unbranched alkanes of at least 4 members (excludes halogenated alkanes) is 24. The lowest BCUT2D eigenvalue weighted by molar-refractivity contribution is -0.122. The molecule has 0 atom stereocenters. The van der Waals surface area contributed by atoms with E-state index < -0.39 is 0 Å². The summed E-state index contributed by atoms with van der Waals surface area (Å²) in [7, 11) is 3.63. The lowest BCUT2D eigenvalue weighted by Crippen LogP contribution is -2.10. The second-order valence-corrected chi connectivity index (χ2v) is 28.6. The Kier molecular flexibility index (Phi) is 152. The van der Waals surface area contributed by atoms with E-state index in [9.17, 15) is 52.7 Å². The first-order chi connectivity index (χ1) is 55.0. The molecule has 690 valence electrons. The van der Waals surface area contributed by atoms with Crippen LogP contribution in [0.25, 0.3) is 0 Å². The molecule has 0 saturated heterocycles. The van der Waals surface area contributed by atoms with Crippen LogP contribution in [-0.2, 0) is 105 Å². The van der Waals surface area contributed by atoms with Crippen LogP contribution in [-0.4, -0.2) is 223 Å². The SMILES string of the molecule is CCCCCC(C)=O.CCCCCCCOCC(C)=O.CCCCCCCOCC(C)=O.CCCCCCOCC(C)=O.CCCCCCOCCC(C)=O.CCCCCOCC(C)=O.CCCCCOCC(C)=O.CCCCOCC(C)=O.CCCOCC(C)=O.CNCCCCOCC(C)=O.COCCCCCOCC(C)=O. The van der Waals surface area contributed by atoms with Crippen molar-refractivity contribution in [3.05, 3.63) is 0 Å². The number of ether oxygens (including phenoxy) is 11. The van der Waals surface area contributed by atoms with Gasteiger partial charge in [-0.25, -0.2) is 0 Å². The Labute approximate surface area is 706 Å². The Morgan fingerprint density at radius 3 is 0.609 bits per heavy atom. The maximum atomic E-state index is 10.5. The predicted molar refractivity (Wildman–Crippen MR) is 473 cm³/mol. The van der Waals surface area contributed by atoms with Crippen LogP contribution < -0.4 is 5.32 Å². The van der Waals surface area contributed by atoms with Gasteiger partial charge in [0.25, 0.3) is 0 Å². The van der Waals surface area contributed by atoms with Gasteiger partial charge in [-0.2, -0.15) is 0 Å². The third kappa shape index (κ3) is 211. The van der Waals surface area contributed by atoms with E-state index >= 15 is 0 Å². The highest BCUT2D eigenvalue weighted by molar-refractivity contribution is 5.79. The van der Waals surface area contributed by atoms with E-state index in [0.717, 1.165) is 162 Å². The van der Waals surface area contributed by atoms with E-state index in [1.165, 1.54) is 156 Å². The van der Waals surface area contributed by atoms with E-state index in [1.54, 1.807) is 55.6 Å². The first-order valence-corrected chi connectivity index (χ1v) is 44.3. The summed E-state index contributed by atoms with van der Waals surface area (Å²) >= 11 is 0. The molecule has 0 aromatic heterocycles. The van der Waals surface area contributed by atoms with E-state index in [0.29, 0.717) is 38.6 Å². The Hall–Kier alpha value is -4.11. The van der Waals surface area contributed by atoms with Gasteiger partial charge >= 0.3 is 0 Å². The third-order valence-corrected chi connectivity index (χ3v) is 14.4. The molecule has 0 rings (SSSR count). The number of hydrogen-bond acceptors (Lipinski definition) is 23. The summed E-state index contributed by atoms with van der Waals surface area (Å²) in [5.74, 6) is 1.47. The highest BCUT2D eigenvalue weighted by atomic mass is 16.5. The fourth-order valence-corrected chi connectivity index (χ4v) is 8.19. The van der Waals surface area contributed by atoms with E-state index in [2.05, 4.69) is 60.7 Å². The van der Waals surface area contributed by atoms with Crippen molar-refractivity contribution in [1.82, 2.24) is 5.32 Å². The maximum Gasteiger partial charge on any atom is 0.155 e. The molecule has 0 aromatic carbocycles. The van der Waals surface area contributed by atoms with Crippen molar-refractivity contribution in [2.45, 2.75) is 376 Å². The molecule has 23 nitrogen and oxygen atoms in total. The minimum absolute atomic E-state index is 0.0897. The topological polar surface area (TPSA) is 301 Å². The number of Topliss-reactive ketones (excluding diaryl/α,β-unsaturated/α-hetero) is 11. The molecule has 0 saturated carbocycles. The van der Waals surface area contributed by atoms with Crippen LogP contribution in [0.2, 0.25) is 0 Å². The van der Waals surface area contributed by atoms with Crippen molar-refractivity contribution in [2.24, 2.45) is 0 Å². The summed E-state index contributed by atoms with van der Waals surface area (Å²) in [5.41, 5.74) is 0. The van der Waals surface area contributed by atoms with Gasteiger partial charge in [0.05, 0.1) is 6.61 Å². The zero-order chi connectivity index (χ0) is 89.6. The predicted octanol–water partition coefficient (Wildman–Crippen LogP) is 20.0. The van der Waals surface area contributed by atoms with Crippen LogP contribution in [0.4, 0.5) is 0 Å². The zero-order valence-electron chi connectivity index (χ0n) is 78.7. The third-order valence-electron chi connectivity index (χ3n) is 14.4. The molecule has 115 heavy (non-hydrogen) atoms. The second-order valence-electron chi connectivity index (χ2n) is 28.6. The Morgan fingerprint density at radius 1 is 0.183 bits per heavy atom. The molecule has 0 radical (unpaired) electrons. The average molecular weight is 1660 g/mol. The van der Waals surface area contributed by atoms with Gasteiger partial charge in [0, 0.05) is 92.6 Å². The zero-order valence-corrected chi connectivity index (χ0v) is 78.7. The summed E-state index contributed by atoms with van der Waals surface area (Å²) in [4.78, 5) is 114. The highest BCUT2D eigenvalue weighted by Crippen LogP contribution is 2.05. The number of hydrogen-bond donors (Lipinski definition) is 1. The van der Waals surface area contributed by atoms with Gasteiger partial charge in [0.15, 0.2) is 52.0 Å². The Bertz CT molecular complexity index is 1810. The van der Waals surface area contributed by atoms with Crippen LogP contribution in [0.3, 0.4) is 0 Å². The number of methoxy groups -OCH3 is 1. The molecule has 0 aliphatic rings. The lowest BCUT2D eigenvalue weighted by Gasteiger charge is -2.01. The van der Waals surface area contributed by atoms with Gasteiger partial charge in [-0.3, -0.25) is 47.9 Å². The molecule has 0 bridgehead atoms. The second kappa shape index (κ2) is 131. The van der Waals surface area contributed by atoms with Crippen molar-refractivity contribution in [1.29, 1.82) is 0 Å². The van der Waals surface area contributed by atoms with Crippen LogP contribution in [0.15, 0.2) is 0 Å². The minimum Gasteiger partial charge on any atom is -0.385 e. The normalized spacial score (nSPS) is 9.90. The van der Waals surface area contributed by atoms with Crippen LogP contribution in [0.1, 0.15) is 376 Å². The molecule has 0 fully saturated rings. The van der Waals surface area contributed by atoms with Gasteiger partial charge in [-0.15, -0.1) is 0 Å². The van der Waals surface area contributed by atoms with Crippen LogP contribution in [0.5, 0.6) is 0 Å². The quantitative estimate of drug-likeness (QED) is 0.0553. The molecule has 0 amide bonds. The fraction of sp³-hybridized carbons (Fsp3) is 0.880. The average Bonchev–Trinajstić information content (AvgIpc) is 1.66. The van der Waals surface area contributed by atoms with E-state index in [1.807, 2.05) is 14.0 Å². The van der Waals surface area contributed by atoms with Crippen molar-refractivity contribution in [3.8, 4) is 0 Å². The van der Waals surface area contributed by atoms with Crippen molar-refractivity contribution in [2.75, 3.05) is 159 Å². The summed E-state index contributed by atoms with van der Waals surface area (Å²) in [6, 6.07) is 0. The van der Waals surface area contributed by atoms with E-state index in [-0.39, 0.29) is 117 Å². The number of carbonyl (C=O) groups is 11. The van der Waals surface area contributed by atoms with E-state index in [4.69, 9.17) is 52.1 Å². The smallest absolute Gasteiger partial charge is 0.155 e. The van der Waals surface area contributed by atoms with Gasteiger partial charge in [-0.05, 0) is 180 Å². The standard InChI is InChI=1S/3C10H20O2.C9H18O3.C9H18O2.C8H17NO2.2C8H16O2.C7H14O2.C7H14O.C6H12O2/c1-3-4-5-6-8-12-9-7-10(2)11;2*1-3-4-5-6-7-8-12-9-10(2)11;1-9(10)8-12-7-5-3-4-6-11-2;1-3-4-5-6-7-11-8-9(2)10;1-8(10)7-11-6-4-3-5-9-2;2*1-3-4-5-6-10-7-8(2)9;1-3-4-5-9-6-7(2)8;1-3-4-5-6-7(2)8;1-3-4-8-5-6(2)7/h3*3-9H2,1-2H3;3-8H2,1-2H3;3-8H2,1-2H3;9H,3-7H2,1-2H3;2*3-7H2,1-2H3;3-6H2,1-2H3;3-6H2,1-2H3;3-5H2,1-2H3. The summed E-state index contributed by atoms with van der Waals surface area (Å²) in [6.45, 7) is 48.6. The van der Waals surface area contributed by atoms with Crippen LogP contribution in [0, 0.1) is 0 Å². The molecule has 1 N–H and O–H groups in total. The summed E-state index contributed by atoms with van der Waals surface area (Å²) in [6.07, 6.45) is 42.3. The molecular formula is C92H185NO22. The number of carbonyl (C=O) groups excluding carboxylic acids is 11. The van der Waals surface area contributed by atoms with Gasteiger partial charge < -0.3 is 62.2 Å². The first-order valence-electron chi connectivity index (χ1n) is 44.3. The minimum atomic E-state index is 0.0897. The van der Waals surface area contributed by atoms with Gasteiger partial charge in [0.2, 0.25) is 0 Å². The summed E-state index contributed by atoms with van der Waals surface area (Å²) in [5, 5.41) is 3.04. The Balaban J connectivity index is -0.000000115. The molecule has 0 spiro atoms. The number of nitrogens with one attached hydrogen (secondary N) is 1. The molecule has 23 heteroatoms. The molecular weight excluding hydrogens is 1470 g/mol. The molecule has 0 aliphatic carbocycles. The lowest BCUT2D eigenvalue weighted by atomic mass is 10.2. The monoisotopic (exact) mass is 1660 g/mol. The molecule has 0 heterocycles. The van der Waals surface area contributed by atoms with Gasteiger partial charge in [-0.1, -0.05) is 197 Å². The molecule has 0 aromatic rings. The Morgan fingerprint density at radius 2 is 0.374 bits per heavy atom. The van der Waals surface area contributed by atoms with Crippen molar-refractivity contribution < 1.29 is 105 Å². The first kappa shape index (κ1) is 134.